The molecule has 0 spiro atoms. The zero-order valence-corrected chi connectivity index (χ0v) is 86.6. The number of nitrogens with zero attached hydrogens (tertiary/aromatic N) is 4. The number of ether oxygens (including phenoxy) is 9. The molecule has 0 aliphatic heterocycles. The normalized spacial score (nSPS) is 12.5. The molecular formula is C108H130Cl2N10O23S. The Morgan fingerprint density at radius 1 is 0.514 bits per heavy atom. The number of hydrogen-bond donors (Lipinski definition) is 7. The van der Waals surface area contributed by atoms with Crippen molar-refractivity contribution in [2.24, 2.45) is 5.41 Å². The quantitative estimate of drug-likeness (QED) is 0.00612. The molecule has 7 N–H and O–H groups in total. The second kappa shape index (κ2) is 59.6. The summed E-state index contributed by atoms with van der Waals surface area (Å²) in [5, 5.41) is 22.8. The van der Waals surface area contributed by atoms with Gasteiger partial charge in [-0.25, -0.2) is 25.4 Å². The molecule has 6 atom stereocenters. The largest absolute Gasteiger partial charge is 0.497 e. The Hall–Kier alpha value is -14.3. The smallest absolute Gasteiger partial charge is 0.427 e. The second-order valence-electron chi connectivity index (χ2n) is 34.2. The number of carbonyl (C=O) groups excluding carboxylic acids is 12. The summed E-state index contributed by atoms with van der Waals surface area (Å²) < 4.78 is 63.7. The van der Waals surface area contributed by atoms with Crippen molar-refractivity contribution in [2.45, 2.75) is 203 Å². The highest BCUT2D eigenvalue weighted by atomic mass is 35.5. The Morgan fingerprint density at radius 3 is 1.58 bits per heavy atom. The van der Waals surface area contributed by atoms with E-state index >= 15 is 0 Å². The minimum atomic E-state index is -1.91. The number of methoxy groups -OCH3 is 3. The van der Waals surface area contributed by atoms with Crippen molar-refractivity contribution < 1.29 is 109 Å². The van der Waals surface area contributed by atoms with Crippen molar-refractivity contribution in [1.29, 1.82) is 0 Å². The third-order valence-corrected chi connectivity index (χ3v) is 23.8. The fourth-order valence-electron chi connectivity index (χ4n) is 14.0. The molecule has 8 aromatic carbocycles. The van der Waals surface area contributed by atoms with E-state index in [1.807, 2.05) is 76.8 Å². The number of aromatic nitrogens is 1. The van der Waals surface area contributed by atoms with Gasteiger partial charge in [0.2, 0.25) is 23.9 Å². The molecule has 7 amide bonds. The predicted molar refractivity (Wildman–Crippen MR) is 554 cm³/mol. The Labute approximate surface area is 853 Å². The van der Waals surface area contributed by atoms with Crippen molar-refractivity contribution in [2.75, 3.05) is 93.6 Å². The maximum absolute atomic E-state index is 14.1. The number of ketones is 3. The number of aliphatic hydroxyl groups is 1. The van der Waals surface area contributed by atoms with Gasteiger partial charge in [-0.15, -0.1) is 0 Å². The Morgan fingerprint density at radius 2 is 1.03 bits per heavy atom. The van der Waals surface area contributed by atoms with Gasteiger partial charge in [-0.1, -0.05) is 174 Å². The summed E-state index contributed by atoms with van der Waals surface area (Å²) in [5.41, 5.74) is 5.53. The topological polar surface area (TPSA) is 421 Å². The molecule has 1 aliphatic carbocycles. The van der Waals surface area contributed by atoms with Crippen LogP contribution < -0.4 is 64.5 Å². The van der Waals surface area contributed by atoms with E-state index in [-0.39, 0.29) is 96.7 Å². The zero-order valence-electron chi connectivity index (χ0n) is 84.2. The molecule has 0 saturated heterocycles. The highest BCUT2D eigenvalue weighted by Gasteiger charge is 2.51. The summed E-state index contributed by atoms with van der Waals surface area (Å²) in [5.74, 6) is -5.05. The van der Waals surface area contributed by atoms with E-state index in [4.69, 9.17) is 72.4 Å². The summed E-state index contributed by atoms with van der Waals surface area (Å²) in [6.45, 7) is 29.3. The number of rotatable bonds is 50. The van der Waals surface area contributed by atoms with Gasteiger partial charge in [0.1, 0.15) is 51.4 Å². The molecular weight excluding hydrogens is 1910 g/mol. The van der Waals surface area contributed by atoms with E-state index in [2.05, 4.69) is 55.0 Å². The first kappa shape index (κ1) is 117. The van der Waals surface area contributed by atoms with Gasteiger partial charge in [-0.2, -0.15) is 0 Å². The lowest BCUT2D eigenvalue weighted by molar-refractivity contribution is -0.157. The number of amides is 7. The summed E-state index contributed by atoms with van der Waals surface area (Å²) in [7, 11) is 5.66. The fourth-order valence-corrected chi connectivity index (χ4v) is 14.8. The van der Waals surface area contributed by atoms with E-state index in [0.29, 0.717) is 52.9 Å². The van der Waals surface area contributed by atoms with Gasteiger partial charge in [0.05, 0.1) is 71.9 Å². The average molecular weight is 2040 g/mol. The number of aliphatic hydroxyl groups excluding tert-OH is 1. The molecule has 1 fully saturated rings. The molecule has 1 aromatic heterocycles. The number of benzene rings is 8. The van der Waals surface area contributed by atoms with E-state index in [0.717, 1.165) is 73.9 Å². The number of halogens is 2. The van der Waals surface area contributed by atoms with Crippen molar-refractivity contribution in [3.63, 3.8) is 0 Å². The minimum absolute atomic E-state index is 0.0144. The van der Waals surface area contributed by atoms with Gasteiger partial charge in [-0.3, -0.25) is 57.5 Å². The number of anilines is 5. The van der Waals surface area contributed by atoms with Crippen LogP contribution in [0, 0.1) is 39.7 Å². The SMILES string of the molecule is CCNC(=O)c1ccc(Cl)c(NC(=O)C(Oc2cccc(NC(=O)C(CC)Oc3ccc(C)cc3C)c2)C(=O)c2ccc(OC)c(NS(=O)CO)c2)c1.CCOC(=O)C(OC(=O)c1ccc(C)cc1)C(=O)Nc1cc(C(=O)N(C)C)ccc1Cl.COc1ccc(OC)c(NC(=O)C(Oc2ccc(C)cc2)C(=O)C2(C)CC2)c1.[C-]#[N+]C(Oc1ccc(C(=O)N(CCCCCCCC)CCCCCCCC)cn1)C(C)=O. The van der Waals surface area contributed by atoms with Crippen molar-refractivity contribution >= 4 is 133 Å². The summed E-state index contributed by atoms with van der Waals surface area (Å²) in [6, 6.07) is 46.5. The van der Waals surface area contributed by atoms with Crippen LogP contribution in [0.4, 0.5) is 28.4 Å². The van der Waals surface area contributed by atoms with Gasteiger partial charge in [0.15, 0.2) is 11.9 Å². The number of hydrogen-bond acceptors (Lipinski definition) is 24. The lowest BCUT2D eigenvalue weighted by Crippen LogP contribution is -2.43. The third kappa shape index (κ3) is 36.9. The second-order valence-corrected chi connectivity index (χ2v) is 36.2. The lowest BCUT2D eigenvalue weighted by atomic mass is 9.98. The standard InChI is InChI=1S/C38H41ClN4O9S.C26H41N3O3.C22H23ClN2O6.C22H25NO5/c1-6-31(52-32-15-11-22(3)17-23(32)4)37(47)41-26-9-8-10-27(20-26)51-35(34(45)24-13-16-33(50-5)30(18-24)43-53(49)21-44)38(48)42-29-19-25(12-14-28(29)39)36(46)40-7-2;1-5-7-9-11-13-15-19-29(20-16-14-12-10-8-6-2)26(31)23-17-18-24(28-21-23)32-25(27-4)22(3)30;1-5-30-22(29)18(31-21(28)14-8-6-13(2)7-9-14)19(26)24-17-12-15(10-11-16(17)23)20(27)25(3)4;1-14-5-7-15(8-6-14)28-19(20(24)22(2)11-12-22)21(25)23-17-13-16(26-3)9-10-18(17)27-4/h8-20,31,35,43-44H,6-7,21H2,1-5H3,(H,40,46)(H,41,47)(H,42,48);17-18,21,25H,5-16,19-20H2,1-3H3;6-12,18H,5H2,1-4H3,(H,24,26);5-10,13,19H,11-12H2,1-4H3,(H,23,25). The Bertz CT molecular complexity index is 5920. The molecule has 1 saturated carbocycles. The van der Waals surface area contributed by atoms with Gasteiger partial charge < -0.3 is 84.1 Å². The molecule has 36 heteroatoms. The van der Waals surface area contributed by atoms with Crippen molar-refractivity contribution in [3.8, 4) is 40.4 Å². The molecule has 9 aromatic rings. The van der Waals surface area contributed by atoms with Crippen molar-refractivity contribution in [3.05, 3.63) is 254 Å². The average Bonchev–Trinajstić information content (AvgIpc) is 1.64. The van der Waals surface area contributed by atoms with Gasteiger partial charge >= 0.3 is 18.2 Å². The number of unbranched alkanes of at least 4 members (excludes halogenated alkanes) is 10. The van der Waals surface area contributed by atoms with Crippen LogP contribution in [0.2, 0.25) is 10.0 Å². The molecule has 1 aliphatic rings. The van der Waals surface area contributed by atoms with E-state index in [1.54, 1.807) is 94.7 Å². The summed E-state index contributed by atoms with van der Waals surface area (Å²) >= 11 is 12.5. The van der Waals surface area contributed by atoms with Crippen LogP contribution >= 0.6 is 23.2 Å². The number of pyridine rings is 1. The molecule has 6 unspecified atom stereocenters. The van der Waals surface area contributed by atoms with Gasteiger partial charge in [-0.05, 0) is 194 Å². The van der Waals surface area contributed by atoms with Crippen LogP contribution in [0.25, 0.3) is 4.85 Å². The van der Waals surface area contributed by atoms with Crippen LogP contribution in [-0.4, -0.2) is 193 Å². The van der Waals surface area contributed by atoms with Crippen LogP contribution in [-0.2, 0) is 54.0 Å². The monoisotopic (exact) mass is 2040 g/mol. The zero-order chi connectivity index (χ0) is 106. The number of carbonyl (C=O) groups is 12. The van der Waals surface area contributed by atoms with Gasteiger partial charge in [0, 0.05) is 92.8 Å². The third-order valence-electron chi connectivity index (χ3n) is 22.4. The minimum Gasteiger partial charge on any atom is -0.497 e. The van der Waals surface area contributed by atoms with E-state index in [1.165, 1.54) is 170 Å². The maximum atomic E-state index is 14.1. The van der Waals surface area contributed by atoms with Crippen LogP contribution in [0.3, 0.4) is 0 Å². The van der Waals surface area contributed by atoms with Crippen LogP contribution in [0.15, 0.2) is 182 Å². The predicted octanol–water partition coefficient (Wildman–Crippen LogP) is 19.1. The molecule has 10 rings (SSSR count). The molecule has 1 heterocycles. The summed E-state index contributed by atoms with van der Waals surface area (Å²) in [4.78, 5) is 165. The highest BCUT2D eigenvalue weighted by molar-refractivity contribution is 7.86. The van der Waals surface area contributed by atoms with E-state index < -0.39 is 100 Å². The molecule has 0 bridgehead atoms. The molecule has 33 nitrogen and oxygen atoms in total. The Kier molecular flexibility index (Phi) is 48.3. The van der Waals surface area contributed by atoms with Gasteiger partial charge in [0.25, 0.3) is 53.2 Å². The molecule has 0 radical (unpaired) electrons. The van der Waals surface area contributed by atoms with E-state index in [9.17, 15) is 66.8 Å². The van der Waals surface area contributed by atoms with Crippen LogP contribution in [0.5, 0.6) is 40.4 Å². The summed E-state index contributed by atoms with van der Waals surface area (Å²) in [6.07, 6.45) is 10.7. The van der Waals surface area contributed by atoms with Crippen LogP contribution in [0.1, 0.15) is 219 Å². The van der Waals surface area contributed by atoms with Crippen molar-refractivity contribution in [1.82, 2.24) is 20.1 Å². The first-order chi connectivity index (χ1) is 68.9. The number of Topliss-reactive ketones (excluding diaryl/α,β-unsaturated/α-hetero) is 3. The fraction of sp³-hybridized carbons (Fsp3) is 0.389. The maximum Gasteiger partial charge on any atom is 0.427 e. The number of aryl methyl sites for hydroxylation is 4. The molecule has 770 valence electrons. The first-order valence-corrected chi connectivity index (χ1v) is 49.5. The highest BCUT2D eigenvalue weighted by Crippen LogP contribution is 2.47. The first-order valence-electron chi connectivity index (χ1n) is 47.4. The molecule has 144 heavy (non-hydrogen) atoms. The number of esters is 2. The Balaban J connectivity index is 0.000000271. The lowest BCUT2D eigenvalue weighted by Gasteiger charge is -2.23. The number of nitrogens with one attached hydrogen (secondary N) is 6.